The molecule has 19 heavy (non-hydrogen) atoms. The van der Waals surface area contributed by atoms with Crippen LogP contribution < -0.4 is 10.6 Å². The van der Waals surface area contributed by atoms with Crippen molar-refractivity contribution in [2.75, 3.05) is 30.3 Å². The van der Waals surface area contributed by atoms with Crippen molar-refractivity contribution in [2.24, 2.45) is 0 Å². The lowest BCUT2D eigenvalue weighted by atomic mass is 10.0. The summed E-state index contributed by atoms with van der Waals surface area (Å²) in [5.74, 6) is 0. The Labute approximate surface area is 114 Å². The third-order valence-electron chi connectivity index (χ3n) is 3.98. The van der Waals surface area contributed by atoms with Crippen LogP contribution in [0.4, 0.5) is 16.2 Å². The van der Waals surface area contributed by atoms with E-state index in [4.69, 9.17) is 0 Å². The molecular formula is C15H21N3O. The lowest BCUT2D eigenvalue weighted by Gasteiger charge is -2.28. The maximum absolute atomic E-state index is 12.2. The van der Waals surface area contributed by atoms with Gasteiger partial charge in [-0.15, -0.1) is 0 Å². The summed E-state index contributed by atoms with van der Waals surface area (Å²) in [7, 11) is 0. The molecule has 0 radical (unpaired) electrons. The number of fused-ring (bicyclic) bond motifs is 1. The minimum absolute atomic E-state index is 0.0543. The van der Waals surface area contributed by atoms with E-state index < -0.39 is 0 Å². The number of nitrogens with one attached hydrogen (secondary N) is 2. The summed E-state index contributed by atoms with van der Waals surface area (Å²) in [6, 6.07) is 6.15. The molecule has 1 saturated heterocycles. The van der Waals surface area contributed by atoms with Crippen molar-refractivity contribution in [1.29, 1.82) is 0 Å². The summed E-state index contributed by atoms with van der Waals surface area (Å²) in [6.45, 7) is 2.80. The van der Waals surface area contributed by atoms with Gasteiger partial charge in [0.1, 0.15) is 0 Å². The van der Waals surface area contributed by atoms with E-state index in [2.05, 4.69) is 16.7 Å². The molecule has 0 aromatic heterocycles. The molecule has 2 heterocycles. The number of amides is 2. The van der Waals surface area contributed by atoms with Gasteiger partial charge in [0, 0.05) is 31.0 Å². The SMILES string of the molecule is O=C(Nc1cccc2c1CCCN2)N1CCCCC1. The predicted molar refractivity (Wildman–Crippen MR) is 77.7 cm³/mol. The van der Waals surface area contributed by atoms with E-state index in [1.54, 1.807) is 0 Å². The molecule has 1 aromatic rings. The zero-order valence-corrected chi connectivity index (χ0v) is 11.2. The van der Waals surface area contributed by atoms with Gasteiger partial charge in [0.25, 0.3) is 0 Å². The van der Waals surface area contributed by atoms with Crippen LogP contribution in [-0.2, 0) is 6.42 Å². The molecule has 0 atom stereocenters. The van der Waals surface area contributed by atoms with Gasteiger partial charge in [-0.1, -0.05) is 6.07 Å². The standard InChI is InChI=1S/C15H21N3O/c19-15(18-10-2-1-3-11-18)17-14-8-4-7-13-12(14)6-5-9-16-13/h4,7-8,16H,1-3,5-6,9-11H2,(H,17,19). The second-order valence-electron chi connectivity index (χ2n) is 5.34. The van der Waals surface area contributed by atoms with E-state index in [0.29, 0.717) is 0 Å². The number of anilines is 2. The number of rotatable bonds is 1. The Kier molecular flexibility index (Phi) is 3.58. The zero-order valence-electron chi connectivity index (χ0n) is 11.2. The van der Waals surface area contributed by atoms with E-state index in [1.807, 2.05) is 17.0 Å². The molecule has 1 aromatic carbocycles. The Bertz CT molecular complexity index is 466. The van der Waals surface area contributed by atoms with Gasteiger partial charge in [-0.2, -0.15) is 0 Å². The van der Waals surface area contributed by atoms with Crippen molar-refractivity contribution in [1.82, 2.24) is 4.90 Å². The first kappa shape index (κ1) is 12.3. The average Bonchev–Trinajstić information content (AvgIpc) is 2.48. The van der Waals surface area contributed by atoms with Gasteiger partial charge in [0.05, 0.1) is 0 Å². The van der Waals surface area contributed by atoms with Crippen LogP contribution in [0.25, 0.3) is 0 Å². The smallest absolute Gasteiger partial charge is 0.321 e. The number of nitrogens with zero attached hydrogens (tertiary/aromatic N) is 1. The fourth-order valence-electron chi connectivity index (χ4n) is 2.92. The second-order valence-corrected chi connectivity index (χ2v) is 5.34. The lowest BCUT2D eigenvalue weighted by molar-refractivity contribution is 0.200. The second kappa shape index (κ2) is 5.51. The maximum Gasteiger partial charge on any atom is 0.321 e. The van der Waals surface area contributed by atoms with Crippen LogP contribution in [0, 0.1) is 0 Å². The van der Waals surface area contributed by atoms with Crippen molar-refractivity contribution in [2.45, 2.75) is 32.1 Å². The number of carbonyl (C=O) groups is 1. The van der Waals surface area contributed by atoms with E-state index in [9.17, 15) is 4.79 Å². The maximum atomic E-state index is 12.2. The van der Waals surface area contributed by atoms with Gasteiger partial charge in [0.15, 0.2) is 0 Å². The van der Waals surface area contributed by atoms with E-state index in [1.165, 1.54) is 17.7 Å². The fraction of sp³-hybridized carbons (Fsp3) is 0.533. The molecule has 1 fully saturated rings. The van der Waals surface area contributed by atoms with Gasteiger partial charge < -0.3 is 15.5 Å². The topological polar surface area (TPSA) is 44.4 Å². The molecule has 2 amide bonds. The summed E-state index contributed by atoms with van der Waals surface area (Å²) in [5, 5.41) is 6.48. The Morgan fingerprint density at radius 1 is 1.16 bits per heavy atom. The highest BCUT2D eigenvalue weighted by Crippen LogP contribution is 2.29. The largest absolute Gasteiger partial charge is 0.385 e. The van der Waals surface area contributed by atoms with Crippen LogP contribution in [0.15, 0.2) is 18.2 Å². The van der Waals surface area contributed by atoms with Gasteiger partial charge in [-0.3, -0.25) is 0 Å². The third kappa shape index (κ3) is 2.67. The van der Waals surface area contributed by atoms with Gasteiger partial charge in [-0.05, 0) is 49.8 Å². The fourth-order valence-corrected chi connectivity index (χ4v) is 2.92. The third-order valence-corrected chi connectivity index (χ3v) is 3.98. The highest BCUT2D eigenvalue weighted by molar-refractivity contribution is 5.91. The molecule has 2 aliphatic heterocycles. The van der Waals surface area contributed by atoms with Crippen LogP contribution in [0.3, 0.4) is 0 Å². The molecule has 2 aliphatic rings. The monoisotopic (exact) mass is 259 g/mol. The Morgan fingerprint density at radius 3 is 2.84 bits per heavy atom. The molecule has 0 saturated carbocycles. The molecule has 0 bridgehead atoms. The number of piperidine rings is 1. The van der Waals surface area contributed by atoms with Crippen LogP contribution in [0.1, 0.15) is 31.2 Å². The van der Waals surface area contributed by atoms with Crippen molar-refractivity contribution in [3.8, 4) is 0 Å². The average molecular weight is 259 g/mol. The molecule has 102 valence electrons. The first-order valence-corrected chi connectivity index (χ1v) is 7.26. The van der Waals surface area contributed by atoms with Crippen LogP contribution in [0.2, 0.25) is 0 Å². The number of hydrogen-bond donors (Lipinski definition) is 2. The van der Waals surface area contributed by atoms with Crippen molar-refractivity contribution in [3.63, 3.8) is 0 Å². The highest BCUT2D eigenvalue weighted by atomic mass is 16.2. The van der Waals surface area contributed by atoms with E-state index >= 15 is 0 Å². The predicted octanol–water partition coefficient (Wildman–Crippen LogP) is 3.06. The molecule has 0 spiro atoms. The van der Waals surface area contributed by atoms with Gasteiger partial charge in [-0.25, -0.2) is 4.79 Å². The van der Waals surface area contributed by atoms with Gasteiger partial charge in [0.2, 0.25) is 0 Å². The molecule has 2 N–H and O–H groups in total. The number of likely N-dealkylation sites (tertiary alicyclic amines) is 1. The summed E-state index contributed by atoms with van der Waals surface area (Å²) >= 11 is 0. The van der Waals surface area contributed by atoms with Gasteiger partial charge >= 0.3 is 6.03 Å². The molecular weight excluding hydrogens is 238 g/mol. The Balaban J connectivity index is 1.74. The zero-order chi connectivity index (χ0) is 13.1. The highest BCUT2D eigenvalue weighted by Gasteiger charge is 2.19. The summed E-state index contributed by atoms with van der Waals surface area (Å²) in [6.07, 6.45) is 5.67. The Morgan fingerprint density at radius 2 is 2.00 bits per heavy atom. The molecule has 0 unspecified atom stereocenters. The first-order valence-electron chi connectivity index (χ1n) is 7.26. The Hall–Kier alpha value is -1.71. The normalized spacial score (nSPS) is 18.4. The van der Waals surface area contributed by atoms with Crippen molar-refractivity contribution in [3.05, 3.63) is 23.8 Å². The quantitative estimate of drug-likeness (QED) is 0.814. The minimum atomic E-state index is 0.0543. The molecule has 0 aliphatic carbocycles. The summed E-state index contributed by atoms with van der Waals surface area (Å²) < 4.78 is 0. The van der Waals surface area contributed by atoms with Crippen LogP contribution in [-0.4, -0.2) is 30.6 Å². The summed E-state index contributed by atoms with van der Waals surface area (Å²) in [4.78, 5) is 14.2. The number of hydrogen-bond acceptors (Lipinski definition) is 2. The lowest BCUT2D eigenvalue weighted by Crippen LogP contribution is -2.39. The summed E-state index contributed by atoms with van der Waals surface area (Å²) in [5.41, 5.74) is 3.39. The molecule has 4 nitrogen and oxygen atoms in total. The first-order chi connectivity index (χ1) is 9.34. The van der Waals surface area contributed by atoms with Crippen molar-refractivity contribution >= 4 is 17.4 Å². The molecule has 4 heteroatoms. The number of urea groups is 1. The number of carbonyl (C=O) groups excluding carboxylic acids is 1. The van der Waals surface area contributed by atoms with E-state index in [-0.39, 0.29) is 6.03 Å². The van der Waals surface area contributed by atoms with E-state index in [0.717, 1.165) is 51.0 Å². The van der Waals surface area contributed by atoms with Crippen LogP contribution in [0.5, 0.6) is 0 Å². The minimum Gasteiger partial charge on any atom is -0.385 e. The molecule has 3 rings (SSSR count). The van der Waals surface area contributed by atoms with Crippen molar-refractivity contribution < 1.29 is 4.79 Å². The number of benzene rings is 1. The van der Waals surface area contributed by atoms with Crippen LogP contribution >= 0.6 is 0 Å².